The summed E-state index contributed by atoms with van der Waals surface area (Å²) in [6, 6.07) is 5.87. The molecule has 0 amide bonds. The van der Waals surface area contributed by atoms with Crippen molar-refractivity contribution in [3.63, 3.8) is 0 Å². The molecule has 1 unspecified atom stereocenters. The lowest BCUT2D eigenvalue weighted by Crippen LogP contribution is -2.20. The van der Waals surface area contributed by atoms with Gasteiger partial charge in [-0.15, -0.1) is 0 Å². The van der Waals surface area contributed by atoms with Gasteiger partial charge in [0.2, 0.25) is 0 Å². The predicted octanol–water partition coefficient (Wildman–Crippen LogP) is 2.22. The Morgan fingerprint density at radius 2 is 2.28 bits per heavy atom. The number of aromatic nitrogens is 2. The van der Waals surface area contributed by atoms with E-state index >= 15 is 0 Å². The number of nitrogen functional groups attached to an aromatic ring is 1. The summed E-state index contributed by atoms with van der Waals surface area (Å²) in [5.41, 5.74) is 7.94. The van der Waals surface area contributed by atoms with Crippen molar-refractivity contribution in [2.45, 2.75) is 12.5 Å². The van der Waals surface area contributed by atoms with Gasteiger partial charge in [-0.1, -0.05) is 17.7 Å². The summed E-state index contributed by atoms with van der Waals surface area (Å²) >= 11 is 5.96. The molecule has 2 aromatic rings. The van der Waals surface area contributed by atoms with Crippen LogP contribution in [0.5, 0.6) is 0 Å². The van der Waals surface area contributed by atoms with E-state index in [1.807, 2.05) is 31.4 Å². The number of nitrogens with two attached hydrogens (primary N) is 1. The summed E-state index contributed by atoms with van der Waals surface area (Å²) in [5, 5.41) is 3.82. The molecule has 94 valence electrons. The number of anilines is 1. The number of rotatable bonds is 4. The third-order valence-electron chi connectivity index (χ3n) is 2.80. The highest BCUT2D eigenvalue weighted by Gasteiger charge is 2.14. The second-order valence-corrected chi connectivity index (χ2v) is 4.47. The quantitative estimate of drug-likeness (QED) is 0.887. The molecule has 0 aliphatic heterocycles. The normalized spacial score (nSPS) is 12.3. The van der Waals surface area contributed by atoms with Crippen LogP contribution in [0.2, 0.25) is 5.02 Å². The van der Waals surface area contributed by atoms with Gasteiger partial charge in [-0.2, -0.15) is 0 Å². The molecule has 0 saturated carbocycles. The van der Waals surface area contributed by atoms with Crippen LogP contribution in [0.15, 0.2) is 36.8 Å². The van der Waals surface area contributed by atoms with Crippen molar-refractivity contribution in [2.75, 3.05) is 12.8 Å². The first-order valence-electron chi connectivity index (χ1n) is 5.68. The summed E-state index contributed by atoms with van der Waals surface area (Å²) < 4.78 is 0. The minimum absolute atomic E-state index is 0.0698. The Bertz CT molecular complexity index is 516. The first-order chi connectivity index (χ1) is 8.70. The lowest BCUT2D eigenvalue weighted by atomic mass is 10.0. The second-order valence-electron chi connectivity index (χ2n) is 4.03. The van der Waals surface area contributed by atoms with Crippen molar-refractivity contribution in [3.05, 3.63) is 52.9 Å². The summed E-state index contributed by atoms with van der Waals surface area (Å²) in [4.78, 5) is 8.18. The first kappa shape index (κ1) is 12.8. The van der Waals surface area contributed by atoms with Crippen molar-refractivity contribution in [3.8, 4) is 0 Å². The van der Waals surface area contributed by atoms with Gasteiger partial charge in [0.25, 0.3) is 0 Å². The van der Waals surface area contributed by atoms with Crippen LogP contribution in [0.4, 0.5) is 5.82 Å². The molecule has 18 heavy (non-hydrogen) atoms. The highest BCUT2D eigenvalue weighted by molar-refractivity contribution is 6.30. The molecule has 0 radical (unpaired) electrons. The molecule has 5 heteroatoms. The number of pyridine rings is 2. The van der Waals surface area contributed by atoms with Crippen molar-refractivity contribution >= 4 is 17.4 Å². The van der Waals surface area contributed by atoms with Gasteiger partial charge in [-0.05, 0) is 31.2 Å². The molecule has 3 N–H and O–H groups in total. The predicted molar refractivity (Wildman–Crippen MR) is 73.4 cm³/mol. The van der Waals surface area contributed by atoms with Crippen molar-refractivity contribution in [1.82, 2.24) is 15.3 Å². The zero-order valence-corrected chi connectivity index (χ0v) is 10.9. The summed E-state index contributed by atoms with van der Waals surface area (Å²) in [7, 11) is 1.89. The smallest absolute Gasteiger partial charge is 0.128 e. The topological polar surface area (TPSA) is 63.8 Å². The van der Waals surface area contributed by atoms with E-state index in [9.17, 15) is 0 Å². The van der Waals surface area contributed by atoms with E-state index in [1.54, 1.807) is 12.4 Å². The van der Waals surface area contributed by atoms with Crippen LogP contribution < -0.4 is 11.1 Å². The van der Waals surface area contributed by atoms with Crippen LogP contribution in [0.25, 0.3) is 0 Å². The Hall–Kier alpha value is -1.65. The van der Waals surface area contributed by atoms with Crippen LogP contribution in [0, 0.1) is 0 Å². The van der Waals surface area contributed by atoms with Crippen molar-refractivity contribution in [1.29, 1.82) is 0 Å². The van der Waals surface area contributed by atoms with E-state index in [4.69, 9.17) is 17.3 Å². The van der Waals surface area contributed by atoms with Crippen LogP contribution >= 0.6 is 11.6 Å². The number of halogens is 1. The van der Waals surface area contributed by atoms with Crippen LogP contribution in [-0.4, -0.2) is 17.0 Å². The fourth-order valence-corrected chi connectivity index (χ4v) is 2.03. The number of nitrogens with one attached hydrogen (secondary N) is 1. The molecule has 0 aliphatic carbocycles. The van der Waals surface area contributed by atoms with Crippen molar-refractivity contribution in [2.24, 2.45) is 0 Å². The molecule has 0 spiro atoms. The van der Waals surface area contributed by atoms with Crippen LogP contribution in [0.3, 0.4) is 0 Å². The fourth-order valence-electron chi connectivity index (χ4n) is 1.87. The Kier molecular flexibility index (Phi) is 4.12. The van der Waals surface area contributed by atoms with Crippen molar-refractivity contribution < 1.29 is 0 Å². The molecule has 0 aromatic carbocycles. The van der Waals surface area contributed by atoms with E-state index < -0.39 is 0 Å². The van der Waals surface area contributed by atoms with Crippen LogP contribution in [-0.2, 0) is 6.42 Å². The average Bonchev–Trinajstić information content (AvgIpc) is 2.40. The molecule has 4 nitrogen and oxygen atoms in total. The minimum atomic E-state index is 0.0698. The van der Waals surface area contributed by atoms with E-state index in [0.717, 1.165) is 17.5 Å². The average molecular weight is 263 g/mol. The molecule has 0 bridgehead atoms. The molecular formula is C13H15ClN4. The highest BCUT2D eigenvalue weighted by atomic mass is 35.5. The SMILES string of the molecule is CNC(Cc1cccnc1)c1cc(Cl)cnc1N. The molecule has 0 aliphatic rings. The largest absolute Gasteiger partial charge is 0.383 e. The molecule has 1 atom stereocenters. The van der Waals surface area contributed by atoms with E-state index in [0.29, 0.717) is 10.8 Å². The third-order valence-corrected chi connectivity index (χ3v) is 3.01. The monoisotopic (exact) mass is 262 g/mol. The number of likely N-dealkylation sites (N-methyl/N-ethyl adjacent to an activating group) is 1. The zero-order valence-electron chi connectivity index (χ0n) is 10.1. The standard InChI is InChI=1S/C13H15ClN4/c1-16-12(5-9-3-2-4-17-7-9)11-6-10(14)8-18-13(11)15/h2-4,6-8,12,16H,5H2,1H3,(H2,15,18). The van der Waals surface area contributed by atoms with E-state index in [-0.39, 0.29) is 6.04 Å². The van der Waals surface area contributed by atoms with Gasteiger partial charge in [0.1, 0.15) is 5.82 Å². The summed E-state index contributed by atoms with van der Waals surface area (Å²) in [6.45, 7) is 0. The maximum atomic E-state index is 5.96. The zero-order chi connectivity index (χ0) is 13.0. The van der Waals surface area contributed by atoms with Gasteiger partial charge in [0, 0.05) is 30.2 Å². The fraction of sp³-hybridized carbons (Fsp3) is 0.231. The Morgan fingerprint density at radius 1 is 1.44 bits per heavy atom. The van der Waals surface area contributed by atoms with E-state index in [1.165, 1.54) is 0 Å². The number of hydrogen-bond donors (Lipinski definition) is 2. The summed E-state index contributed by atoms with van der Waals surface area (Å²) in [6.07, 6.45) is 5.94. The molecule has 0 fully saturated rings. The van der Waals surface area contributed by atoms with Gasteiger partial charge in [-0.25, -0.2) is 4.98 Å². The van der Waals surface area contributed by atoms with Gasteiger partial charge in [-0.3, -0.25) is 4.98 Å². The highest BCUT2D eigenvalue weighted by Crippen LogP contribution is 2.24. The lowest BCUT2D eigenvalue weighted by Gasteiger charge is -2.18. The maximum Gasteiger partial charge on any atom is 0.128 e. The molecule has 2 rings (SSSR count). The lowest BCUT2D eigenvalue weighted by molar-refractivity contribution is 0.591. The number of hydrogen-bond acceptors (Lipinski definition) is 4. The molecule has 2 aromatic heterocycles. The van der Waals surface area contributed by atoms with Gasteiger partial charge >= 0.3 is 0 Å². The van der Waals surface area contributed by atoms with Gasteiger partial charge in [0.15, 0.2) is 0 Å². The van der Waals surface area contributed by atoms with Crippen LogP contribution in [0.1, 0.15) is 17.2 Å². The molecule has 2 heterocycles. The third kappa shape index (κ3) is 2.97. The maximum absolute atomic E-state index is 5.96. The first-order valence-corrected chi connectivity index (χ1v) is 6.05. The minimum Gasteiger partial charge on any atom is -0.383 e. The molecule has 0 saturated heterocycles. The Labute approximate surface area is 111 Å². The molecular weight excluding hydrogens is 248 g/mol. The Morgan fingerprint density at radius 3 is 2.94 bits per heavy atom. The second kappa shape index (κ2) is 5.80. The summed E-state index contributed by atoms with van der Waals surface area (Å²) in [5.74, 6) is 0.502. The number of nitrogens with zero attached hydrogens (tertiary/aromatic N) is 2. The van der Waals surface area contributed by atoms with Gasteiger partial charge < -0.3 is 11.1 Å². The Balaban J connectivity index is 2.26. The van der Waals surface area contributed by atoms with E-state index in [2.05, 4.69) is 15.3 Å². The van der Waals surface area contributed by atoms with Gasteiger partial charge in [0.05, 0.1) is 5.02 Å².